The number of aromatic nitrogens is 1. The molecule has 1 aromatic heterocycles. The minimum absolute atomic E-state index is 0.00233. The molecule has 1 aromatic rings. The second-order valence-corrected chi connectivity index (χ2v) is 7.60. The molecule has 140 valence electrons. The van der Waals surface area contributed by atoms with Gasteiger partial charge in [0.2, 0.25) is 0 Å². The van der Waals surface area contributed by atoms with E-state index in [1.165, 1.54) is 77.0 Å². The highest BCUT2D eigenvalue weighted by molar-refractivity contribution is 5.07. The summed E-state index contributed by atoms with van der Waals surface area (Å²) in [6.07, 6.45) is 20.3. The maximum absolute atomic E-state index is 11.2. The van der Waals surface area contributed by atoms with E-state index in [0.717, 1.165) is 18.6 Å². The van der Waals surface area contributed by atoms with E-state index in [-0.39, 0.29) is 11.2 Å². The standard InChI is InChI=1S/C21H39NO2/c1-4-6-7-8-9-10-11-12-13-14-15-16-17-21(3,5-2)19-18-22-20(23)24-19/h18H,4-17H2,1-3H3,(H,22,23). The van der Waals surface area contributed by atoms with Crippen molar-refractivity contribution in [2.24, 2.45) is 0 Å². The van der Waals surface area contributed by atoms with Crippen molar-refractivity contribution >= 4 is 0 Å². The smallest absolute Gasteiger partial charge is 0.413 e. The van der Waals surface area contributed by atoms with Crippen LogP contribution in [0.1, 0.15) is 116 Å². The van der Waals surface area contributed by atoms with Crippen molar-refractivity contribution in [3.8, 4) is 0 Å². The molecule has 0 bridgehead atoms. The van der Waals surface area contributed by atoms with E-state index in [2.05, 4.69) is 25.8 Å². The van der Waals surface area contributed by atoms with Crippen LogP contribution in [0.3, 0.4) is 0 Å². The first kappa shape index (κ1) is 21.1. The molecule has 3 heteroatoms. The van der Waals surface area contributed by atoms with Crippen molar-refractivity contribution in [3.05, 3.63) is 22.5 Å². The Morgan fingerprint density at radius 1 is 0.875 bits per heavy atom. The number of unbranched alkanes of at least 4 members (excludes halogenated alkanes) is 11. The molecule has 0 saturated heterocycles. The third-order valence-corrected chi connectivity index (χ3v) is 5.48. The van der Waals surface area contributed by atoms with Gasteiger partial charge in [0.15, 0.2) is 0 Å². The lowest BCUT2D eigenvalue weighted by Gasteiger charge is -2.25. The van der Waals surface area contributed by atoms with Crippen molar-refractivity contribution in [1.29, 1.82) is 0 Å². The lowest BCUT2D eigenvalue weighted by Crippen LogP contribution is -2.20. The van der Waals surface area contributed by atoms with Gasteiger partial charge in [0.05, 0.1) is 0 Å². The van der Waals surface area contributed by atoms with E-state index in [9.17, 15) is 4.79 Å². The monoisotopic (exact) mass is 337 g/mol. The minimum atomic E-state index is -0.334. The SMILES string of the molecule is CCCCCCCCCCCCCCC(C)(CC)c1c[nH]c(=O)o1. The molecule has 1 atom stereocenters. The third-order valence-electron chi connectivity index (χ3n) is 5.48. The van der Waals surface area contributed by atoms with Gasteiger partial charge in [0.25, 0.3) is 0 Å². The summed E-state index contributed by atoms with van der Waals surface area (Å²) in [5.41, 5.74) is -0.00233. The molecule has 0 amide bonds. The van der Waals surface area contributed by atoms with Gasteiger partial charge in [-0.15, -0.1) is 0 Å². The predicted octanol–water partition coefficient (Wildman–Crippen LogP) is 6.73. The van der Waals surface area contributed by atoms with Crippen LogP contribution in [-0.4, -0.2) is 4.98 Å². The van der Waals surface area contributed by atoms with Gasteiger partial charge < -0.3 is 4.42 Å². The van der Waals surface area contributed by atoms with Gasteiger partial charge in [-0.25, -0.2) is 4.79 Å². The molecule has 1 rings (SSSR count). The number of aromatic amines is 1. The van der Waals surface area contributed by atoms with Gasteiger partial charge >= 0.3 is 5.76 Å². The van der Waals surface area contributed by atoms with Gasteiger partial charge in [-0.1, -0.05) is 97.8 Å². The summed E-state index contributed by atoms with van der Waals surface area (Å²) in [5.74, 6) is 0.484. The Hall–Kier alpha value is -0.990. The minimum Gasteiger partial charge on any atom is -0.413 e. The van der Waals surface area contributed by atoms with Gasteiger partial charge in [-0.3, -0.25) is 4.98 Å². The molecule has 0 fully saturated rings. The summed E-state index contributed by atoms with van der Waals surface area (Å²) in [6, 6.07) is 0. The van der Waals surface area contributed by atoms with Crippen LogP contribution >= 0.6 is 0 Å². The van der Waals surface area contributed by atoms with Crippen LogP contribution in [0.2, 0.25) is 0 Å². The molecule has 0 saturated carbocycles. The van der Waals surface area contributed by atoms with Gasteiger partial charge in [-0.2, -0.15) is 0 Å². The van der Waals surface area contributed by atoms with Gasteiger partial charge in [0.1, 0.15) is 5.76 Å². The quantitative estimate of drug-likeness (QED) is 0.361. The summed E-state index contributed by atoms with van der Waals surface area (Å²) in [6.45, 7) is 6.66. The van der Waals surface area contributed by atoms with E-state index in [1.807, 2.05) is 0 Å². The molecule has 0 aliphatic heterocycles. The van der Waals surface area contributed by atoms with Crippen molar-refractivity contribution in [1.82, 2.24) is 4.98 Å². The fraction of sp³-hybridized carbons (Fsp3) is 0.857. The van der Waals surface area contributed by atoms with E-state index in [4.69, 9.17) is 4.42 Å². The van der Waals surface area contributed by atoms with E-state index in [1.54, 1.807) is 6.20 Å². The largest absolute Gasteiger partial charge is 0.416 e. The maximum atomic E-state index is 11.2. The van der Waals surface area contributed by atoms with Gasteiger partial charge in [0, 0.05) is 11.6 Å². The fourth-order valence-electron chi connectivity index (χ4n) is 3.41. The second-order valence-electron chi connectivity index (χ2n) is 7.60. The molecule has 1 heterocycles. The average Bonchev–Trinajstić information content (AvgIpc) is 3.03. The van der Waals surface area contributed by atoms with Crippen LogP contribution in [0.25, 0.3) is 0 Å². The van der Waals surface area contributed by atoms with Crippen molar-refractivity contribution in [3.63, 3.8) is 0 Å². The summed E-state index contributed by atoms with van der Waals surface area (Å²) in [4.78, 5) is 13.8. The molecule has 1 N–H and O–H groups in total. The van der Waals surface area contributed by atoms with Gasteiger partial charge in [-0.05, 0) is 12.8 Å². The first-order chi connectivity index (χ1) is 11.6. The normalized spacial score (nSPS) is 14.0. The van der Waals surface area contributed by atoms with Crippen LogP contribution in [0.4, 0.5) is 0 Å². The molecule has 0 aromatic carbocycles. The van der Waals surface area contributed by atoms with Crippen LogP contribution in [0.5, 0.6) is 0 Å². The number of oxazole rings is 1. The van der Waals surface area contributed by atoms with Crippen molar-refractivity contribution in [2.75, 3.05) is 0 Å². The molecule has 0 spiro atoms. The number of hydrogen-bond donors (Lipinski definition) is 1. The zero-order valence-electron chi connectivity index (χ0n) is 16.3. The number of H-pyrrole nitrogens is 1. The highest BCUT2D eigenvalue weighted by Crippen LogP contribution is 2.32. The Labute approximate surface area is 148 Å². The number of nitrogens with one attached hydrogen (secondary N) is 1. The molecule has 0 aliphatic carbocycles. The Morgan fingerprint density at radius 2 is 1.38 bits per heavy atom. The third kappa shape index (κ3) is 8.21. The molecule has 1 unspecified atom stereocenters. The van der Waals surface area contributed by atoms with E-state index in [0.29, 0.717) is 0 Å². The van der Waals surface area contributed by atoms with Crippen LogP contribution in [-0.2, 0) is 5.41 Å². The Morgan fingerprint density at radius 3 is 1.79 bits per heavy atom. The topological polar surface area (TPSA) is 46.0 Å². The molecular formula is C21H39NO2. The maximum Gasteiger partial charge on any atom is 0.416 e. The lowest BCUT2D eigenvalue weighted by molar-refractivity contribution is 0.308. The molecule has 0 radical (unpaired) electrons. The van der Waals surface area contributed by atoms with Crippen LogP contribution in [0.15, 0.2) is 15.4 Å². The summed E-state index contributed by atoms with van der Waals surface area (Å²) < 4.78 is 5.29. The van der Waals surface area contributed by atoms with E-state index >= 15 is 0 Å². The van der Waals surface area contributed by atoms with Crippen molar-refractivity contribution < 1.29 is 4.42 Å². The second kappa shape index (κ2) is 12.4. The van der Waals surface area contributed by atoms with Crippen LogP contribution < -0.4 is 5.76 Å². The number of rotatable bonds is 15. The Kier molecular flexibility index (Phi) is 10.9. The predicted molar refractivity (Wildman–Crippen MR) is 103 cm³/mol. The van der Waals surface area contributed by atoms with E-state index < -0.39 is 0 Å². The summed E-state index contributed by atoms with van der Waals surface area (Å²) in [7, 11) is 0. The van der Waals surface area contributed by atoms with Crippen molar-refractivity contribution in [2.45, 2.75) is 116 Å². The summed E-state index contributed by atoms with van der Waals surface area (Å²) >= 11 is 0. The fourth-order valence-corrected chi connectivity index (χ4v) is 3.41. The molecular weight excluding hydrogens is 298 g/mol. The highest BCUT2D eigenvalue weighted by Gasteiger charge is 2.27. The Balaban J connectivity index is 2.02. The summed E-state index contributed by atoms with van der Waals surface area (Å²) in [5, 5.41) is 0. The molecule has 0 aliphatic rings. The molecule has 3 nitrogen and oxygen atoms in total. The zero-order chi connectivity index (χ0) is 17.7. The zero-order valence-corrected chi connectivity index (χ0v) is 16.3. The Bertz CT molecular complexity index is 462. The molecule has 24 heavy (non-hydrogen) atoms. The average molecular weight is 338 g/mol. The first-order valence-electron chi connectivity index (χ1n) is 10.3. The highest BCUT2D eigenvalue weighted by atomic mass is 16.4. The first-order valence-corrected chi connectivity index (χ1v) is 10.3. The number of hydrogen-bond acceptors (Lipinski definition) is 2. The van der Waals surface area contributed by atoms with Crippen LogP contribution in [0, 0.1) is 0 Å². The lowest BCUT2D eigenvalue weighted by atomic mass is 9.80.